The molecule has 4 rings (SSSR count). The number of aromatic nitrogens is 2. The summed E-state index contributed by atoms with van der Waals surface area (Å²) in [7, 11) is 0. The summed E-state index contributed by atoms with van der Waals surface area (Å²) < 4.78 is 0. The van der Waals surface area contributed by atoms with E-state index in [1.807, 2.05) is 17.0 Å². The van der Waals surface area contributed by atoms with Crippen LogP contribution in [-0.4, -0.2) is 90.3 Å². The predicted octanol–water partition coefficient (Wildman–Crippen LogP) is 2.71. The van der Waals surface area contributed by atoms with Crippen LogP contribution in [0, 0.1) is 0 Å². The molecule has 2 saturated heterocycles. The van der Waals surface area contributed by atoms with Crippen LogP contribution in [0.5, 0.6) is 0 Å². The Balaban J connectivity index is 1.32. The van der Waals surface area contributed by atoms with Crippen LogP contribution in [0.2, 0.25) is 5.15 Å². The molecule has 7 nitrogen and oxygen atoms in total. The van der Waals surface area contributed by atoms with Gasteiger partial charge in [0.15, 0.2) is 5.16 Å². The SMILES string of the molecule is CCN1CCN(C(=O)CSc2nc(Cl)cc(N3CCN(c4ccccc4)CC3)n2)CC1. The van der Waals surface area contributed by atoms with E-state index >= 15 is 0 Å². The zero-order chi connectivity index (χ0) is 21.6. The van der Waals surface area contributed by atoms with Crippen LogP contribution in [0.3, 0.4) is 0 Å². The van der Waals surface area contributed by atoms with E-state index in [4.69, 9.17) is 16.6 Å². The summed E-state index contributed by atoms with van der Waals surface area (Å²) in [5.74, 6) is 1.31. The number of nitrogens with zero attached hydrogens (tertiary/aromatic N) is 6. The highest BCUT2D eigenvalue weighted by atomic mass is 35.5. The molecule has 2 aliphatic heterocycles. The normalized spacial score (nSPS) is 17.8. The zero-order valence-corrected chi connectivity index (χ0v) is 19.5. The number of thioether (sulfide) groups is 1. The standard InChI is InChI=1S/C22H29ClN6OS/c1-2-26-8-10-29(11-9-26)21(30)17-31-22-24-19(23)16-20(25-22)28-14-12-27(13-15-28)18-6-4-3-5-7-18/h3-7,16H,2,8-15,17H2,1H3. The van der Waals surface area contributed by atoms with Gasteiger partial charge in [-0.25, -0.2) is 9.97 Å². The minimum atomic E-state index is 0.141. The molecule has 3 heterocycles. The molecule has 2 aliphatic rings. The maximum absolute atomic E-state index is 12.6. The first-order chi connectivity index (χ1) is 15.1. The molecule has 0 atom stereocenters. The Kier molecular flexibility index (Phi) is 7.53. The van der Waals surface area contributed by atoms with Crippen LogP contribution in [0.25, 0.3) is 0 Å². The fourth-order valence-electron chi connectivity index (χ4n) is 3.98. The monoisotopic (exact) mass is 460 g/mol. The van der Waals surface area contributed by atoms with Crippen LogP contribution in [0.4, 0.5) is 11.5 Å². The van der Waals surface area contributed by atoms with Crippen LogP contribution in [-0.2, 0) is 4.79 Å². The Labute approximate surface area is 193 Å². The summed E-state index contributed by atoms with van der Waals surface area (Å²) in [4.78, 5) is 30.5. The highest BCUT2D eigenvalue weighted by molar-refractivity contribution is 7.99. The molecule has 0 spiro atoms. The van der Waals surface area contributed by atoms with Gasteiger partial charge in [-0.1, -0.05) is 48.5 Å². The van der Waals surface area contributed by atoms with Gasteiger partial charge in [-0.05, 0) is 18.7 Å². The van der Waals surface area contributed by atoms with Crippen molar-refractivity contribution in [2.45, 2.75) is 12.1 Å². The van der Waals surface area contributed by atoms with Gasteiger partial charge in [-0.2, -0.15) is 0 Å². The zero-order valence-electron chi connectivity index (χ0n) is 17.9. The summed E-state index contributed by atoms with van der Waals surface area (Å²) in [6.07, 6.45) is 0. The number of hydrogen-bond acceptors (Lipinski definition) is 7. The maximum Gasteiger partial charge on any atom is 0.233 e. The molecule has 0 N–H and O–H groups in total. The second-order valence-electron chi connectivity index (χ2n) is 7.74. The van der Waals surface area contributed by atoms with Crippen LogP contribution in [0.15, 0.2) is 41.6 Å². The topological polar surface area (TPSA) is 55.8 Å². The minimum Gasteiger partial charge on any atom is -0.368 e. The van der Waals surface area contributed by atoms with Crippen molar-refractivity contribution >= 4 is 40.8 Å². The van der Waals surface area contributed by atoms with Crippen molar-refractivity contribution in [2.75, 3.05) is 74.5 Å². The van der Waals surface area contributed by atoms with Crippen molar-refractivity contribution in [3.63, 3.8) is 0 Å². The number of piperazine rings is 2. The molecule has 1 aromatic heterocycles. The van der Waals surface area contributed by atoms with Gasteiger partial charge in [0.2, 0.25) is 5.91 Å². The van der Waals surface area contributed by atoms with E-state index in [2.05, 4.69) is 50.9 Å². The molecule has 1 aromatic carbocycles. The van der Waals surface area contributed by atoms with Gasteiger partial charge < -0.3 is 19.6 Å². The number of carbonyl (C=O) groups excluding carboxylic acids is 1. The fraction of sp³-hybridized carbons (Fsp3) is 0.500. The summed E-state index contributed by atoms with van der Waals surface area (Å²) >= 11 is 7.66. The Morgan fingerprint density at radius 3 is 2.32 bits per heavy atom. The molecule has 0 radical (unpaired) electrons. The summed E-state index contributed by atoms with van der Waals surface area (Å²) in [5.41, 5.74) is 1.25. The van der Waals surface area contributed by atoms with E-state index in [9.17, 15) is 4.79 Å². The number of para-hydroxylation sites is 1. The van der Waals surface area contributed by atoms with E-state index in [-0.39, 0.29) is 5.91 Å². The third-order valence-electron chi connectivity index (χ3n) is 5.88. The van der Waals surface area contributed by atoms with Gasteiger partial charge in [-0.15, -0.1) is 0 Å². The van der Waals surface area contributed by atoms with Gasteiger partial charge in [0.25, 0.3) is 0 Å². The van der Waals surface area contributed by atoms with Crippen molar-refractivity contribution in [3.8, 4) is 0 Å². The summed E-state index contributed by atoms with van der Waals surface area (Å²) in [6.45, 7) is 10.3. The Morgan fingerprint density at radius 1 is 0.968 bits per heavy atom. The number of carbonyl (C=O) groups is 1. The minimum absolute atomic E-state index is 0.141. The third-order valence-corrected chi connectivity index (χ3v) is 6.91. The van der Waals surface area contributed by atoms with E-state index in [1.165, 1.54) is 17.4 Å². The molecule has 1 amide bonds. The lowest BCUT2D eigenvalue weighted by molar-refractivity contribution is -0.130. The second-order valence-corrected chi connectivity index (χ2v) is 9.07. The molecule has 0 aliphatic carbocycles. The average Bonchev–Trinajstić information content (AvgIpc) is 2.83. The molecule has 0 bridgehead atoms. The van der Waals surface area contributed by atoms with E-state index in [0.717, 1.165) is 64.7 Å². The number of benzene rings is 1. The molecule has 2 aromatic rings. The molecule has 166 valence electrons. The molecule has 9 heteroatoms. The lowest BCUT2D eigenvalue weighted by atomic mass is 10.2. The lowest BCUT2D eigenvalue weighted by Gasteiger charge is -2.36. The van der Waals surface area contributed by atoms with E-state index in [0.29, 0.717) is 16.1 Å². The van der Waals surface area contributed by atoms with E-state index < -0.39 is 0 Å². The van der Waals surface area contributed by atoms with Gasteiger partial charge >= 0.3 is 0 Å². The largest absolute Gasteiger partial charge is 0.368 e. The van der Waals surface area contributed by atoms with Crippen molar-refractivity contribution in [1.82, 2.24) is 19.8 Å². The number of amides is 1. The van der Waals surface area contributed by atoms with Gasteiger partial charge in [-0.3, -0.25) is 4.79 Å². The quantitative estimate of drug-likeness (QED) is 0.373. The highest BCUT2D eigenvalue weighted by Gasteiger charge is 2.22. The van der Waals surface area contributed by atoms with Gasteiger partial charge in [0, 0.05) is 64.1 Å². The first-order valence-corrected chi connectivity index (χ1v) is 12.2. The van der Waals surface area contributed by atoms with Crippen molar-refractivity contribution < 1.29 is 4.79 Å². The summed E-state index contributed by atoms with van der Waals surface area (Å²) in [6, 6.07) is 12.3. The molecule has 31 heavy (non-hydrogen) atoms. The van der Waals surface area contributed by atoms with Crippen LogP contribution < -0.4 is 9.80 Å². The number of halogens is 1. The van der Waals surface area contributed by atoms with Crippen molar-refractivity contribution in [2.24, 2.45) is 0 Å². The Morgan fingerprint density at radius 2 is 1.65 bits per heavy atom. The average molecular weight is 461 g/mol. The van der Waals surface area contributed by atoms with Gasteiger partial charge in [0.05, 0.1) is 5.75 Å². The van der Waals surface area contributed by atoms with Crippen LogP contribution in [0.1, 0.15) is 6.92 Å². The second kappa shape index (κ2) is 10.5. The third kappa shape index (κ3) is 5.81. The molecular weight excluding hydrogens is 432 g/mol. The first kappa shape index (κ1) is 22.2. The molecule has 0 unspecified atom stereocenters. The molecule has 0 saturated carbocycles. The van der Waals surface area contributed by atoms with E-state index in [1.54, 1.807) is 0 Å². The number of likely N-dealkylation sites (N-methyl/N-ethyl adjacent to an activating group) is 1. The van der Waals surface area contributed by atoms with Crippen LogP contribution >= 0.6 is 23.4 Å². The highest BCUT2D eigenvalue weighted by Crippen LogP contribution is 2.24. The first-order valence-electron chi connectivity index (χ1n) is 10.8. The lowest BCUT2D eigenvalue weighted by Crippen LogP contribution is -2.49. The number of hydrogen-bond donors (Lipinski definition) is 0. The predicted molar refractivity (Wildman–Crippen MR) is 127 cm³/mol. The van der Waals surface area contributed by atoms with Crippen molar-refractivity contribution in [3.05, 3.63) is 41.6 Å². The number of anilines is 2. The fourth-order valence-corrected chi connectivity index (χ4v) is 4.96. The Bertz CT molecular complexity index is 870. The molecule has 2 fully saturated rings. The maximum atomic E-state index is 12.6. The van der Waals surface area contributed by atoms with Gasteiger partial charge in [0.1, 0.15) is 11.0 Å². The Hall–Kier alpha value is -2.03. The summed E-state index contributed by atoms with van der Waals surface area (Å²) in [5, 5.41) is 0.982. The smallest absolute Gasteiger partial charge is 0.233 e. The van der Waals surface area contributed by atoms with Crippen molar-refractivity contribution in [1.29, 1.82) is 0 Å². The molecular formula is C22H29ClN6OS. The number of rotatable bonds is 6.